The molecule has 1 aliphatic rings. The number of piperidine rings is 1. The molecule has 0 saturated carbocycles. The van der Waals surface area contributed by atoms with Gasteiger partial charge < -0.3 is 14.7 Å². The zero-order valence-corrected chi connectivity index (χ0v) is 8.66. The van der Waals surface area contributed by atoms with Crippen molar-refractivity contribution in [2.75, 3.05) is 25.0 Å². The summed E-state index contributed by atoms with van der Waals surface area (Å²) in [5.74, 6) is 0.701. The molecule has 2 heterocycles. The summed E-state index contributed by atoms with van der Waals surface area (Å²) in [6.45, 7) is 3.81. The molecule has 0 spiro atoms. The van der Waals surface area contributed by atoms with E-state index in [-0.39, 0.29) is 0 Å². The molecular weight excluding hydrogens is 180 g/mol. The Morgan fingerprint density at radius 2 is 2.43 bits per heavy atom. The van der Waals surface area contributed by atoms with Crippen LogP contribution in [0.1, 0.15) is 18.7 Å². The number of nitrogens with one attached hydrogen (secondary N) is 1. The van der Waals surface area contributed by atoms with Crippen LogP contribution in [0.5, 0.6) is 0 Å². The maximum Gasteiger partial charge on any atom is 0.324 e. The molecule has 1 fully saturated rings. The molecule has 5 nitrogen and oxygen atoms in total. The molecule has 78 valence electrons. The molecule has 0 aromatic carbocycles. The van der Waals surface area contributed by atoms with Gasteiger partial charge in [-0.15, -0.1) is 0 Å². The Morgan fingerprint density at radius 3 is 3.07 bits per heavy atom. The third-order valence-electron chi connectivity index (χ3n) is 2.62. The maximum absolute atomic E-state index is 5.13. The van der Waals surface area contributed by atoms with Crippen LogP contribution in [-0.4, -0.2) is 36.3 Å². The lowest BCUT2D eigenvalue weighted by molar-refractivity contribution is 0.378. The van der Waals surface area contributed by atoms with Crippen LogP contribution in [0.2, 0.25) is 0 Å². The largest absolute Gasteiger partial charge is 0.324 e. The third-order valence-corrected chi connectivity index (χ3v) is 2.62. The molecule has 1 aromatic heterocycles. The fraction of sp³-hybridized carbons (Fsp3) is 0.778. The van der Waals surface area contributed by atoms with E-state index in [2.05, 4.69) is 20.4 Å². The predicted octanol–water partition coefficient (Wildman–Crippen LogP) is 0.566. The minimum absolute atomic E-state index is 0.538. The lowest BCUT2D eigenvalue weighted by Crippen LogP contribution is -2.44. The Hall–Kier alpha value is -1.10. The van der Waals surface area contributed by atoms with Gasteiger partial charge in [0.25, 0.3) is 0 Å². The Kier molecular flexibility index (Phi) is 2.67. The van der Waals surface area contributed by atoms with Crippen LogP contribution in [-0.2, 0) is 0 Å². The van der Waals surface area contributed by atoms with Gasteiger partial charge in [0.05, 0.1) is 0 Å². The van der Waals surface area contributed by atoms with Gasteiger partial charge in [-0.05, 0) is 26.8 Å². The molecular formula is C9H16N4O. The van der Waals surface area contributed by atoms with Crippen molar-refractivity contribution in [2.24, 2.45) is 0 Å². The summed E-state index contributed by atoms with van der Waals surface area (Å²) in [5.41, 5.74) is 0. The van der Waals surface area contributed by atoms with E-state index < -0.39 is 0 Å². The fourth-order valence-corrected chi connectivity index (χ4v) is 1.80. The summed E-state index contributed by atoms with van der Waals surface area (Å²) >= 11 is 0. The Bertz CT molecular complexity index is 299. The van der Waals surface area contributed by atoms with Gasteiger partial charge in [-0.25, -0.2) is 0 Å². The molecule has 1 N–H and O–H groups in total. The number of rotatable bonds is 2. The lowest BCUT2D eigenvalue weighted by Gasteiger charge is -2.30. The van der Waals surface area contributed by atoms with Gasteiger partial charge in [0.1, 0.15) is 0 Å². The van der Waals surface area contributed by atoms with Crippen molar-refractivity contribution in [3.63, 3.8) is 0 Å². The summed E-state index contributed by atoms with van der Waals surface area (Å²) in [7, 11) is 1.99. The van der Waals surface area contributed by atoms with Crippen LogP contribution in [0.25, 0.3) is 0 Å². The van der Waals surface area contributed by atoms with Gasteiger partial charge in [-0.3, -0.25) is 0 Å². The van der Waals surface area contributed by atoms with E-state index >= 15 is 0 Å². The molecule has 0 radical (unpaired) electrons. The zero-order chi connectivity index (χ0) is 9.97. The molecule has 5 heteroatoms. The monoisotopic (exact) mass is 196 g/mol. The van der Waals surface area contributed by atoms with Crippen LogP contribution in [0.4, 0.5) is 6.01 Å². The second-order valence-corrected chi connectivity index (χ2v) is 3.70. The Morgan fingerprint density at radius 1 is 1.57 bits per heavy atom. The first-order chi connectivity index (χ1) is 6.79. The highest BCUT2D eigenvalue weighted by molar-refractivity contribution is 5.26. The highest BCUT2D eigenvalue weighted by Crippen LogP contribution is 2.17. The minimum Gasteiger partial charge on any atom is -0.323 e. The molecule has 0 amide bonds. The number of likely N-dealkylation sites (N-methyl/N-ethyl adjacent to an activating group) is 1. The van der Waals surface area contributed by atoms with Crippen LogP contribution >= 0.6 is 0 Å². The Labute approximate surface area is 83.5 Å². The standard InChI is InChI=1S/C9H16N4O/c1-7-11-9(14-12-7)13-5-3-4-8(6-13)10-2/h8,10H,3-6H2,1-2H3. The van der Waals surface area contributed by atoms with Crippen molar-refractivity contribution in [1.29, 1.82) is 0 Å². The van der Waals surface area contributed by atoms with Crippen molar-refractivity contribution >= 4 is 6.01 Å². The zero-order valence-electron chi connectivity index (χ0n) is 8.66. The van der Waals surface area contributed by atoms with Crippen molar-refractivity contribution in [3.8, 4) is 0 Å². The van der Waals surface area contributed by atoms with E-state index in [1.807, 2.05) is 14.0 Å². The SMILES string of the molecule is CNC1CCCN(c2nc(C)no2)C1. The molecule has 0 aliphatic carbocycles. The van der Waals surface area contributed by atoms with Crippen molar-refractivity contribution in [1.82, 2.24) is 15.5 Å². The molecule has 1 saturated heterocycles. The smallest absolute Gasteiger partial charge is 0.323 e. The molecule has 1 aliphatic heterocycles. The summed E-state index contributed by atoms with van der Waals surface area (Å²) in [6.07, 6.45) is 2.40. The quantitative estimate of drug-likeness (QED) is 0.749. The summed E-state index contributed by atoms with van der Waals surface area (Å²) in [6, 6.07) is 1.19. The summed E-state index contributed by atoms with van der Waals surface area (Å²) < 4.78 is 5.13. The normalized spacial score (nSPS) is 22.7. The second kappa shape index (κ2) is 3.96. The Balaban J connectivity index is 2.04. The van der Waals surface area contributed by atoms with Gasteiger partial charge in [0, 0.05) is 19.1 Å². The number of nitrogens with zero attached hydrogens (tertiary/aromatic N) is 3. The number of hydrogen-bond donors (Lipinski definition) is 1. The average Bonchev–Trinajstić information content (AvgIpc) is 2.65. The summed E-state index contributed by atoms with van der Waals surface area (Å²) in [5, 5.41) is 7.07. The van der Waals surface area contributed by atoms with E-state index in [9.17, 15) is 0 Å². The molecule has 1 unspecified atom stereocenters. The van der Waals surface area contributed by atoms with Crippen LogP contribution in [0.3, 0.4) is 0 Å². The molecule has 1 aromatic rings. The third kappa shape index (κ3) is 1.87. The van der Waals surface area contributed by atoms with Crippen molar-refractivity contribution in [2.45, 2.75) is 25.8 Å². The van der Waals surface area contributed by atoms with Gasteiger partial charge in [-0.2, -0.15) is 4.98 Å². The van der Waals surface area contributed by atoms with E-state index in [0.717, 1.165) is 13.1 Å². The molecule has 1 atom stereocenters. The highest BCUT2D eigenvalue weighted by atomic mass is 16.5. The molecule has 14 heavy (non-hydrogen) atoms. The molecule has 2 rings (SSSR count). The number of aromatic nitrogens is 2. The van der Waals surface area contributed by atoms with Gasteiger partial charge in [-0.1, -0.05) is 5.16 Å². The van der Waals surface area contributed by atoms with Crippen molar-refractivity contribution in [3.05, 3.63) is 5.82 Å². The first-order valence-corrected chi connectivity index (χ1v) is 5.02. The van der Waals surface area contributed by atoms with Crippen molar-refractivity contribution < 1.29 is 4.52 Å². The van der Waals surface area contributed by atoms with Gasteiger partial charge in [0.2, 0.25) is 0 Å². The minimum atomic E-state index is 0.538. The number of anilines is 1. The first-order valence-electron chi connectivity index (χ1n) is 5.02. The van der Waals surface area contributed by atoms with Gasteiger partial charge in [0.15, 0.2) is 5.82 Å². The summed E-state index contributed by atoms with van der Waals surface area (Å²) in [4.78, 5) is 6.37. The lowest BCUT2D eigenvalue weighted by atomic mass is 10.1. The highest BCUT2D eigenvalue weighted by Gasteiger charge is 2.21. The topological polar surface area (TPSA) is 54.2 Å². The van der Waals surface area contributed by atoms with E-state index in [4.69, 9.17) is 4.52 Å². The van der Waals surface area contributed by atoms with E-state index in [1.54, 1.807) is 0 Å². The average molecular weight is 196 g/mol. The van der Waals surface area contributed by atoms with Crippen LogP contribution in [0.15, 0.2) is 4.52 Å². The number of hydrogen-bond acceptors (Lipinski definition) is 5. The molecule has 0 bridgehead atoms. The van der Waals surface area contributed by atoms with Gasteiger partial charge >= 0.3 is 6.01 Å². The second-order valence-electron chi connectivity index (χ2n) is 3.70. The van der Waals surface area contributed by atoms with E-state index in [1.165, 1.54) is 12.8 Å². The maximum atomic E-state index is 5.13. The van der Waals surface area contributed by atoms with Crippen LogP contribution in [0, 0.1) is 6.92 Å². The first kappa shape index (κ1) is 9.45. The van der Waals surface area contributed by atoms with E-state index in [0.29, 0.717) is 17.9 Å². The predicted molar refractivity (Wildman–Crippen MR) is 53.3 cm³/mol. The fourth-order valence-electron chi connectivity index (χ4n) is 1.80. The van der Waals surface area contributed by atoms with Crippen LogP contribution < -0.4 is 10.2 Å². The number of aryl methyl sites for hydroxylation is 1.